The maximum Gasteiger partial charge on any atom is 0.254 e. The van der Waals surface area contributed by atoms with E-state index >= 15 is 0 Å². The summed E-state index contributed by atoms with van der Waals surface area (Å²) >= 11 is 6.10. The first-order valence-electron chi connectivity index (χ1n) is 9.58. The van der Waals surface area contributed by atoms with E-state index in [0.717, 1.165) is 11.4 Å². The molecule has 1 N–H and O–H groups in total. The second-order valence-electron chi connectivity index (χ2n) is 6.82. The Balaban J connectivity index is 1.34. The van der Waals surface area contributed by atoms with Crippen molar-refractivity contribution >= 4 is 17.5 Å². The molecule has 0 aliphatic carbocycles. The number of ether oxygens (including phenoxy) is 2. The highest BCUT2D eigenvalue weighted by Crippen LogP contribution is 2.24. The summed E-state index contributed by atoms with van der Waals surface area (Å²) in [6, 6.07) is 18.7. The first kappa shape index (κ1) is 19.5. The third kappa shape index (κ3) is 4.78. The van der Waals surface area contributed by atoms with Crippen molar-refractivity contribution in [2.24, 2.45) is 0 Å². The number of nitrogens with zero attached hydrogens (tertiary/aromatic N) is 2. The summed E-state index contributed by atoms with van der Waals surface area (Å²) < 4.78 is 11.6. The number of morpholine rings is 1. The van der Waals surface area contributed by atoms with Gasteiger partial charge in [0.2, 0.25) is 0 Å². The molecule has 1 aliphatic rings. The van der Waals surface area contributed by atoms with Gasteiger partial charge in [-0.15, -0.1) is 0 Å². The zero-order valence-corrected chi connectivity index (χ0v) is 16.6. The third-order valence-corrected chi connectivity index (χ3v) is 5.13. The summed E-state index contributed by atoms with van der Waals surface area (Å²) in [5.74, 6) is 0.683. The molecule has 1 saturated heterocycles. The molecule has 7 heteroatoms. The number of H-pyrrole nitrogens is 1. The summed E-state index contributed by atoms with van der Waals surface area (Å²) in [5, 5.41) is 8.01. The van der Waals surface area contributed by atoms with Gasteiger partial charge in [-0.05, 0) is 30.3 Å². The highest BCUT2D eigenvalue weighted by molar-refractivity contribution is 6.32. The lowest BCUT2D eigenvalue weighted by molar-refractivity contribution is -0.0247. The van der Waals surface area contributed by atoms with Crippen LogP contribution in [-0.2, 0) is 11.2 Å². The highest BCUT2D eigenvalue weighted by Gasteiger charge is 2.27. The molecule has 1 aromatic heterocycles. The number of hydrogen-bond acceptors (Lipinski definition) is 4. The molecule has 0 spiro atoms. The molecule has 1 fully saturated rings. The van der Waals surface area contributed by atoms with Gasteiger partial charge in [-0.2, -0.15) is 5.10 Å². The summed E-state index contributed by atoms with van der Waals surface area (Å²) in [4.78, 5) is 14.5. The number of amides is 1. The zero-order valence-electron chi connectivity index (χ0n) is 15.9. The maximum absolute atomic E-state index is 12.7. The molecule has 6 nitrogen and oxygen atoms in total. The van der Waals surface area contributed by atoms with Crippen LogP contribution in [0.15, 0.2) is 60.7 Å². The molecule has 0 bridgehead atoms. The quantitative estimate of drug-likeness (QED) is 0.668. The lowest BCUT2D eigenvalue weighted by Gasteiger charge is -2.32. The fourth-order valence-corrected chi connectivity index (χ4v) is 3.47. The first-order valence-corrected chi connectivity index (χ1v) is 9.96. The standard InChI is InChI=1S/C22H22ClN3O3/c23-18-8-4-5-9-20(18)28-12-10-17-14-19(25-24-17)21-15-26(11-13-29-21)22(27)16-6-2-1-3-7-16/h1-9,14,21H,10-13,15H2,(H,24,25)/t21-/m1/s1. The van der Waals surface area contributed by atoms with E-state index in [4.69, 9.17) is 21.1 Å². The van der Waals surface area contributed by atoms with E-state index < -0.39 is 0 Å². The van der Waals surface area contributed by atoms with Gasteiger partial charge < -0.3 is 14.4 Å². The molecule has 0 saturated carbocycles. The van der Waals surface area contributed by atoms with Crippen molar-refractivity contribution in [3.05, 3.63) is 82.6 Å². The van der Waals surface area contributed by atoms with Crippen molar-refractivity contribution in [3.8, 4) is 5.75 Å². The number of nitrogens with one attached hydrogen (secondary N) is 1. The molecule has 0 unspecified atom stereocenters. The number of benzene rings is 2. The van der Waals surface area contributed by atoms with Gasteiger partial charge in [0.05, 0.1) is 30.5 Å². The molecule has 2 heterocycles. The molecule has 4 rings (SSSR count). The van der Waals surface area contributed by atoms with Crippen LogP contribution in [0.1, 0.15) is 27.8 Å². The Labute approximate surface area is 174 Å². The lowest BCUT2D eigenvalue weighted by Crippen LogP contribution is -2.42. The second-order valence-corrected chi connectivity index (χ2v) is 7.23. The molecule has 1 aliphatic heterocycles. The summed E-state index contributed by atoms with van der Waals surface area (Å²) in [6.07, 6.45) is 0.420. The largest absolute Gasteiger partial charge is 0.492 e. The Morgan fingerprint density at radius 3 is 2.83 bits per heavy atom. The topological polar surface area (TPSA) is 67.5 Å². The number of hydrogen-bond donors (Lipinski definition) is 1. The molecular formula is C22H22ClN3O3. The molecule has 2 aromatic carbocycles. The Morgan fingerprint density at radius 2 is 2.00 bits per heavy atom. The second kappa shape index (κ2) is 9.11. The summed E-state index contributed by atoms with van der Waals surface area (Å²) in [6.45, 7) is 2.03. The number of para-hydroxylation sites is 1. The highest BCUT2D eigenvalue weighted by atomic mass is 35.5. The van der Waals surface area contributed by atoms with E-state index in [2.05, 4.69) is 10.2 Å². The average Bonchev–Trinajstić information content (AvgIpc) is 3.24. The normalized spacial score (nSPS) is 16.6. The number of aromatic nitrogens is 2. The maximum atomic E-state index is 12.7. The monoisotopic (exact) mass is 411 g/mol. The SMILES string of the molecule is O=C(c1ccccc1)N1CCO[C@@H](c2cc(CCOc3ccccc3Cl)[nH]n2)C1. The van der Waals surface area contributed by atoms with Crippen LogP contribution in [0, 0.1) is 0 Å². The van der Waals surface area contributed by atoms with E-state index in [0.29, 0.717) is 49.1 Å². The minimum atomic E-state index is -0.245. The van der Waals surface area contributed by atoms with Crippen molar-refractivity contribution in [2.75, 3.05) is 26.3 Å². The fraction of sp³-hybridized carbons (Fsp3) is 0.273. The molecule has 0 radical (unpaired) electrons. The number of aromatic amines is 1. The smallest absolute Gasteiger partial charge is 0.254 e. The summed E-state index contributed by atoms with van der Waals surface area (Å²) in [7, 11) is 0. The van der Waals surface area contributed by atoms with Crippen LogP contribution in [-0.4, -0.2) is 47.3 Å². The Hall–Kier alpha value is -2.83. The lowest BCUT2D eigenvalue weighted by atomic mass is 10.1. The van der Waals surface area contributed by atoms with Crippen LogP contribution in [0.2, 0.25) is 5.02 Å². The van der Waals surface area contributed by atoms with Gasteiger partial charge in [-0.3, -0.25) is 9.89 Å². The van der Waals surface area contributed by atoms with Gasteiger partial charge in [-0.1, -0.05) is 41.9 Å². The van der Waals surface area contributed by atoms with Crippen LogP contribution in [0.5, 0.6) is 5.75 Å². The Bertz CT molecular complexity index is 961. The number of carbonyl (C=O) groups is 1. The average molecular weight is 412 g/mol. The van der Waals surface area contributed by atoms with E-state index in [1.54, 1.807) is 6.07 Å². The predicted octanol–water partition coefficient (Wildman–Crippen LogP) is 3.90. The summed E-state index contributed by atoms with van der Waals surface area (Å²) in [5.41, 5.74) is 2.43. The van der Waals surface area contributed by atoms with Crippen LogP contribution in [0.25, 0.3) is 0 Å². The van der Waals surface area contributed by atoms with Crippen LogP contribution >= 0.6 is 11.6 Å². The molecule has 1 atom stereocenters. The number of carbonyl (C=O) groups excluding carboxylic acids is 1. The van der Waals surface area contributed by atoms with Crippen LogP contribution < -0.4 is 4.74 Å². The molecule has 3 aromatic rings. The number of halogens is 1. The minimum absolute atomic E-state index is 0.0165. The minimum Gasteiger partial charge on any atom is -0.492 e. The van der Waals surface area contributed by atoms with Crippen LogP contribution in [0.4, 0.5) is 0 Å². The molecular weight excluding hydrogens is 390 g/mol. The van der Waals surface area contributed by atoms with E-state index in [9.17, 15) is 4.79 Å². The van der Waals surface area contributed by atoms with Crippen molar-refractivity contribution < 1.29 is 14.3 Å². The van der Waals surface area contributed by atoms with Gasteiger partial charge in [-0.25, -0.2) is 0 Å². The van der Waals surface area contributed by atoms with E-state index in [1.807, 2.05) is 59.5 Å². The van der Waals surface area contributed by atoms with Crippen molar-refractivity contribution in [3.63, 3.8) is 0 Å². The Morgan fingerprint density at radius 1 is 1.21 bits per heavy atom. The van der Waals surface area contributed by atoms with Gasteiger partial charge in [0.1, 0.15) is 11.9 Å². The van der Waals surface area contributed by atoms with E-state index in [1.165, 1.54) is 0 Å². The third-order valence-electron chi connectivity index (χ3n) is 4.82. The van der Waals surface area contributed by atoms with Gasteiger partial charge >= 0.3 is 0 Å². The molecule has 150 valence electrons. The van der Waals surface area contributed by atoms with Gasteiger partial charge in [0.15, 0.2) is 0 Å². The fourth-order valence-electron chi connectivity index (χ4n) is 3.28. The molecule has 1 amide bonds. The molecule has 29 heavy (non-hydrogen) atoms. The van der Waals surface area contributed by atoms with Gasteiger partial charge in [0, 0.05) is 24.2 Å². The van der Waals surface area contributed by atoms with Gasteiger partial charge in [0.25, 0.3) is 5.91 Å². The van der Waals surface area contributed by atoms with Crippen molar-refractivity contribution in [2.45, 2.75) is 12.5 Å². The number of rotatable bonds is 6. The Kier molecular flexibility index (Phi) is 6.12. The first-order chi connectivity index (χ1) is 14.2. The zero-order chi connectivity index (χ0) is 20.1. The predicted molar refractivity (Wildman–Crippen MR) is 110 cm³/mol. The van der Waals surface area contributed by atoms with Crippen molar-refractivity contribution in [1.82, 2.24) is 15.1 Å². The van der Waals surface area contributed by atoms with Crippen LogP contribution in [0.3, 0.4) is 0 Å². The van der Waals surface area contributed by atoms with E-state index in [-0.39, 0.29) is 12.0 Å². The van der Waals surface area contributed by atoms with Crippen molar-refractivity contribution in [1.29, 1.82) is 0 Å².